The Morgan fingerprint density at radius 1 is 1.07 bits per heavy atom. The highest BCUT2D eigenvalue weighted by Crippen LogP contribution is 2.25. The summed E-state index contributed by atoms with van der Waals surface area (Å²) < 4.78 is 40.8. The summed E-state index contributed by atoms with van der Waals surface area (Å²) in [6.07, 6.45) is 2.00. The topological polar surface area (TPSA) is 60.2 Å². The van der Waals surface area contributed by atoms with E-state index >= 15 is 0 Å². The number of hydrogen-bond acceptors (Lipinski definition) is 3. The maximum atomic E-state index is 13.8. The van der Waals surface area contributed by atoms with Crippen molar-refractivity contribution < 1.29 is 18.0 Å². The van der Waals surface area contributed by atoms with Crippen molar-refractivity contribution in [1.82, 2.24) is 15.2 Å². The van der Waals surface area contributed by atoms with E-state index in [9.17, 15) is 18.0 Å². The number of aromatic nitrogens is 1. The Balaban J connectivity index is 1.64. The average Bonchev–Trinajstić information content (AvgIpc) is 3.08. The lowest BCUT2D eigenvalue weighted by molar-refractivity contribution is -0.121. The third-order valence-corrected chi connectivity index (χ3v) is 4.27. The standard InChI is InChI=1S/C19H15F3N4O/c20-12-6-11(7-13(21)8-12)9-26-10-15(22)18(27)25-19(26)24-17-3-1-2-16-14(17)4-5-23-16/h1-8,10,19,23-24H,9H2,(H,25,27). The van der Waals surface area contributed by atoms with Gasteiger partial charge in [0.15, 0.2) is 6.29 Å². The molecule has 1 aliphatic rings. The van der Waals surface area contributed by atoms with Crippen molar-refractivity contribution in [2.24, 2.45) is 0 Å². The summed E-state index contributed by atoms with van der Waals surface area (Å²) in [7, 11) is 0. The Labute approximate surface area is 152 Å². The minimum absolute atomic E-state index is 0.0108. The van der Waals surface area contributed by atoms with Gasteiger partial charge in [0.2, 0.25) is 5.83 Å². The van der Waals surface area contributed by atoms with Gasteiger partial charge in [0, 0.05) is 41.6 Å². The molecule has 5 nitrogen and oxygen atoms in total. The van der Waals surface area contributed by atoms with Crippen molar-refractivity contribution in [3.63, 3.8) is 0 Å². The second-order valence-corrected chi connectivity index (χ2v) is 6.19. The lowest BCUT2D eigenvalue weighted by Gasteiger charge is -2.35. The van der Waals surface area contributed by atoms with Crippen molar-refractivity contribution in [3.05, 3.63) is 77.9 Å². The molecule has 1 amide bonds. The van der Waals surface area contributed by atoms with E-state index in [1.807, 2.05) is 24.3 Å². The molecule has 1 aromatic heterocycles. The Hall–Kier alpha value is -3.42. The predicted octanol–water partition coefficient (Wildman–Crippen LogP) is 3.58. The normalized spacial score (nSPS) is 17.0. The number of aromatic amines is 1. The third-order valence-electron chi connectivity index (χ3n) is 4.27. The van der Waals surface area contributed by atoms with Gasteiger partial charge in [0.25, 0.3) is 5.91 Å². The van der Waals surface area contributed by atoms with Crippen molar-refractivity contribution >= 4 is 22.5 Å². The molecule has 0 fully saturated rings. The fourth-order valence-electron chi connectivity index (χ4n) is 3.08. The Morgan fingerprint density at radius 3 is 2.63 bits per heavy atom. The van der Waals surface area contributed by atoms with E-state index in [0.717, 1.165) is 35.3 Å². The van der Waals surface area contributed by atoms with Gasteiger partial charge in [-0.25, -0.2) is 8.78 Å². The van der Waals surface area contributed by atoms with Crippen LogP contribution in [0.3, 0.4) is 0 Å². The molecule has 0 spiro atoms. The molecule has 0 bridgehead atoms. The molecule has 8 heteroatoms. The molecule has 27 heavy (non-hydrogen) atoms. The quantitative estimate of drug-likeness (QED) is 0.656. The summed E-state index contributed by atoms with van der Waals surface area (Å²) >= 11 is 0. The number of benzene rings is 2. The first-order valence-corrected chi connectivity index (χ1v) is 8.21. The second-order valence-electron chi connectivity index (χ2n) is 6.19. The average molecular weight is 372 g/mol. The zero-order valence-electron chi connectivity index (χ0n) is 14.0. The van der Waals surface area contributed by atoms with Crippen molar-refractivity contribution in [3.8, 4) is 0 Å². The van der Waals surface area contributed by atoms with Crippen LogP contribution < -0.4 is 10.6 Å². The number of anilines is 1. The smallest absolute Gasteiger partial charge is 0.284 e. The van der Waals surface area contributed by atoms with Crippen LogP contribution in [0.4, 0.5) is 18.9 Å². The molecule has 3 aromatic rings. The summed E-state index contributed by atoms with van der Waals surface area (Å²) in [5.74, 6) is -3.30. The van der Waals surface area contributed by atoms with E-state index in [0.29, 0.717) is 11.3 Å². The van der Waals surface area contributed by atoms with Crippen molar-refractivity contribution in [1.29, 1.82) is 0 Å². The number of fused-ring (bicyclic) bond motifs is 1. The number of H-pyrrole nitrogens is 1. The van der Waals surface area contributed by atoms with Gasteiger partial charge in [-0.2, -0.15) is 4.39 Å². The molecule has 4 rings (SSSR count). The van der Waals surface area contributed by atoms with E-state index in [1.165, 1.54) is 4.90 Å². The molecule has 1 atom stereocenters. The SMILES string of the molecule is O=C1NC(Nc2cccc3[nH]ccc23)N(Cc2cc(F)cc(F)c2)C=C1F. The number of carbonyl (C=O) groups excluding carboxylic acids is 1. The van der Waals surface area contributed by atoms with Gasteiger partial charge in [-0.1, -0.05) is 6.07 Å². The first kappa shape index (κ1) is 17.0. The lowest BCUT2D eigenvalue weighted by Crippen LogP contribution is -2.53. The zero-order chi connectivity index (χ0) is 19.0. The Bertz CT molecular complexity index is 1030. The number of rotatable bonds is 4. The molecule has 0 radical (unpaired) electrons. The molecule has 1 unspecified atom stereocenters. The zero-order valence-corrected chi connectivity index (χ0v) is 14.0. The number of amides is 1. The van der Waals surface area contributed by atoms with Gasteiger partial charge in [-0.3, -0.25) is 4.79 Å². The predicted molar refractivity (Wildman–Crippen MR) is 94.9 cm³/mol. The maximum Gasteiger partial charge on any atom is 0.284 e. The van der Waals surface area contributed by atoms with Gasteiger partial charge in [0.05, 0.1) is 0 Å². The first-order valence-electron chi connectivity index (χ1n) is 8.21. The van der Waals surface area contributed by atoms with Crippen LogP contribution in [0.25, 0.3) is 10.9 Å². The van der Waals surface area contributed by atoms with Crippen molar-refractivity contribution in [2.45, 2.75) is 12.8 Å². The Morgan fingerprint density at radius 2 is 1.85 bits per heavy atom. The summed E-state index contributed by atoms with van der Waals surface area (Å²) in [5.41, 5.74) is 1.91. The highest BCUT2D eigenvalue weighted by molar-refractivity contribution is 5.94. The third kappa shape index (κ3) is 3.46. The van der Waals surface area contributed by atoms with Crippen LogP contribution in [-0.4, -0.2) is 22.1 Å². The molecule has 1 aliphatic heterocycles. The molecule has 0 saturated carbocycles. The summed E-state index contributed by atoms with van der Waals surface area (Å²) in [4.78, 5) is 16.3. The van der Waals surface area contributed by atoms with E-state index in [-0.39, 0.29) is 6.54 Å². The van der Waals surface area contributed by atoms with E-state index in [1.54, 1.807) is 6.20 Å². The van der Waals surface area contributed by atoms with Crippen LogP contribution in [0, 0.1) is 11.6 Å². The summed E-state index contributed by atoms with van der Waals surface area (Å²) in [6.45, 7) is -0.0108. The first-order chi connectivity index (χ1) is 13.0. The van der Waals surface area contributed by atoms with Crippen LogP contribution in [0.1, 0.15) is 5.56 Å². The molecular formula is C19H15F3N4O. The minimum atomic E-state index is -0.982. The molecule has 2 aromatic carbocycles. The van der Waals surface area contributed by atoms with Gasteiger partial charge in [-0.05, 0) is 35.9 Å². The van der Waals surface area contributed by atoms with Gasteiger partial charge < -0.3 is 20.5 Å². The van der Waals surface area contributed by atoms with E-state index in [2.05, 4.69) is 15.6 Å². The second kappa shape index (κ2) is 6.71. The van der Waals surface area contributed by atoms with Crippen LogP contribution in [0.2, 0.25) is 0 Å². The fourth-order valence-corrected chi connectivity index (χ4v) is 3.08. The molecule has 138 valence electrons. The molecule has 0 saturated heterocycles. The summed E-state index contributed by atoms with van der Waals surface area (Å²) in [5, 5.41) is 6.53. The fraction of sp³-hybridized carbons (Fsp3) is 0.105. The molecule has 2 heterocycles. The number of nitrogens with one attached hydrogen (secondary N) is 3. The van der Waals surface area contributed by atoms with Gasteiger partial charge >= 0.3 is 0 Å². The number of nitrogens with zero attached hydrogens (tertiary/aromatic N) is 1. The maximum absolute atomic E-state index is 13.8. The van der Waals surface area contributed by atoms with Crippen LogP contribution in [-0.2, 0) is 11.3 Å². The highest BCUT2D eigenvalue weighted by Gasteiger charge is 2.27. The monoisotopic (exact) mass is 372 g/mol. The number of carbonyl (C=O) groups is 1. The van der Waals surface area contributed by atoms with Gasteiger partial charge in [0.1, 0.15) is 11.6 Å². The lowest BCUT2D eigenvalue weighted by atomic mass is 10.2. The van der Waals surface area contributed by atoms with Crippen molar-refractivity contribution in [2.75, 3.05) is 5.32 Å². The largest absolute Gasteiger partial charge is 0.361 e. The van der Waals surface area contributed by atoms with Crippen LogP contribution in [0.5, 0.6) is 0 Å². The molecule has 3 N–H and O–H groups in total. The van der Waals surface area contributed by atoms with Crippen LogP contribution >= 0.6 is 0 Å². The number of hydrogen-bond donors (Lipinski definition) is 3. The van der Waals surface area contributed by atoms with E-state index < -0.39 is 29.7 Å². The van der Waals surface area contributed by atoms with Crippen LogP contribution in [0.15, 0.2) is 60.7 Å². The minimum Gasteiger partial charge on any atom is -0.361 e. The molecular weight excluding hydrogens is 357 g/mol. The molecule has 0 aliphatic carbocycles. The summed E-state index contributed by atoms with van der Waals surface area (Å²) in [6, 6.07) is 10.5. The Kier molecular flexibility index (Phi) is 4.23. The highest BCUT2D eigenvalue weighted by atomic mass is 19.1. The van der Waals surface area contributed by atoms with Gasteiger partial charge in [-0.15, -0.1) is 0 Å². The van der Waals surface area contributed by atoms with E-state index in [4.69, 9.17) is 0 Å². The number of halogens is 3.